The zero-order valence-corrected chi connectivity index (χ0v) is 18.8. The summed E-state index contributed by atoms with van der Waals surface area (Å²) in [6.07, 6.45) is 1.43. The summed E-state index contributed by atoms with van der Waals surface area (Å²) in [5.41, 5.74) is 2.70. The number of anilines is 2. The maximum atomic E-state index is 12.6. The monoisotopic (exact) mass is 473 g/mol. The normalized spacial score (nSPS) is 14.5. The van der Waals surface area contributed by atoms with Crippen LogP contribution < -0.4 is 15.7 Å². The second-order valence-corrected chi connectivity index (χ2v) is 8.11. The number of rotatable bonds is 7. The van der Waals surface area contributed by atoms with Crippen molar-refractivity contribution in [3.8, 4) is 17.1 Å². The highest BCUT2D eigenvalue weighted by atomic mass is 16.5. The number of fused-ring (bicyclic) bond motifs is 3. The molecule has 1 aliphatic heterocycles. The predicted molar refractivity (Wildman–Crippen MR) is 129 cm³/mol. The average molecular weight is 473 g/mol. The van der Waals surface area contributed by atoms with Crippen molar-refractivity contribution in [2.75, 3.05) is 44.8 Å². The van der Waals surface area contributed by atoms with E-state index < -0.39 is 0 Å². The lowest BCUT2D eigenvalue weighted by Crippen LogP contribution is -2.38. The van der Waals surface area contributed by atoms with Gasteiger partial charge in [0.1, 0.15) is 24.2 Å². The van der Waals surface area contributed by atoms with Crippen LogP contribution in [0.2, 0.25) is 0 Å². The van der Waals surface area contributed by atoms with Crippen molar-refractivity contribution in [1.82, 2.24) is 39.7 Å². The number of hydrogen-bond acceptors (Lipinski definition) is 9. The molecule has 12 nitrogen and oxygen atoms in total. The van der Waals surface area contributed by atoms with Gasteiger partial charge in [-0.2, -0.15) is 5.10 Å². The standard InChI is InChI=1S/C23H23N9O3/c33-23-30-29-22-21(27-19-17(20-24-14-25-28-20)5-2-6-18(19)32(22)23)26-15-3-1-4-16(13-15)35-12-9-31-7-10-34-11-8-31/h1-6,13-14H,7-12H2,(H,26,27)(H,30,33)(H,24,25,28). The molecule has 0 aliphatic carbocycles. The van der Waals surface area contributed by atoms with Gasteiger partial charge in [-0.3, -0.25) is 10.00 Å². The molecule has 1 fully saturated rings. The van der Waals surface area contributed by atoms with E-state index >= 15 is 0 Å². The first-order chi connectivity index (χ1) is 17.3. The van der Waals surface area contributed by atoms with Crippen LogP contribution >= 0.6 is 0 Å². The third-order valence-corrected chi connectivity index (χ3v) is 5.91. The number of para-hydroxylation sites is 1. The van der Waals surface area contributed by atoms with Gasteiger partial charge in [0, 0.05) is 37.0 Å². The summed E-state index contributed by atoms with van der Waals surface area (Å²) in [5, 5.41) is 16.8. The number of H-pyrrole nitrogens is 2. The molecule has 0 radical (unpaired) electrons. The van der Waals surface area contributed by atoms with Crippen molar-refractivity contribution in [3.05, 3.63) is 59.3 Å². The molecule has 1 saturated heterocycles. The summed E-state index contributed by atoms with van der Waals surface area (Å²) < 4.78 is 12.9. The Morgan fingerprint density at radius 2 is 2.00 bits per heavy atom. The number of nitrogens with zero attached hydrogens (tertiary/aromatic N) is 6. The molecule has 178 valence electrons. The Labute approximate surface area is 198 Å². The molecule has 0 atom stereocenters. The molecule has 12 heteroatoms. The number of aromatic amines is 2. The minimum absolute atomic E-state index is 0.356. The summed E-state index contributed by atoms with van der Waals surface area (Å²) in [5.74, 6) is 1.72. The van der Waals surface area contributed by atoms with E-state index in [1.165, 1.54) is 10.7 Å². The SMILES string of the molecule is O=c1[nH]nc2c(Nc3cccc(OCCN4CCOCC4)c3)nc3c(-c4ncn[nH]4)cccc3n12. The number of hydrogen-bond donors (Lipinski definition) is 3. The molecule has 35 heavy (non-hydrogen) atoms. The number of aromatic nitrogens is 7. The molecule has 2 aromatic carbocycles. The Morgan fingerprint density at radius 1 is 1.11 bits per heavy atom. The first kappa shape index (κ1) is 21.3. The Hall–Kier alpha value is -4.29. The van der Waals surface area contributed by atoms with E-state index in [-0.39, 0.29) is 5.69 Å². The van der Waals surface area contributed by atoms with Crippen molar-refractivity contribution >= 4 is 28.2 Å². The van der Waals surface area contributed by atoms with Crippen LogP contribution in [0.15, 0.2) is 53.6 Å². The first-order valence-electron chi connectivity index (χ1n) is 11.3. The molecule has 0 unspecified atom stereocenters. The fourth-order valence-corrected chi connectivity index (χ4v) is 4.20. The molecule has 0 saturated carbocycles. The van der Waals surface area contributed by atoms with Crippen molar-refractivity contribution in [2.45, 2.75) is 0 Å². The fraction of sp³-hybridized carbons (Fsp3) is 0.261. The number of morpholine rings is 1. The third kappa shape index (κ3) is 4.20. The molecule has 4 heterocycles. The topological polar surface area (TPSA) is 138 Å². The average Bonchev–Trinajstić information content (AvgIpc) is 3.56. The van der Waals surface area contributed by atoms with Crippen LogP contribution in [0.1, 0.15) is 0 Å². The van der Waals surface area contributed by atoms with E-state index in [4.69, 9.17) is 14.5 Å². The maximum Gasteiger partial charge on any atom is 0.348 e. The van der Waals surface area contributed by atoms with E-state index in [1.807, 2.05) is 42.5 Å². The van der Waals surface area contributed by atoms with Gasteiger partial charge >= 0.3 is 5.69 Å². The molecule has 0 amide bonds. The van der Waals surface area contributed by atoms with Gasteiger partial charge in [0.25, 0.3) is 0 Å². The van der Waals surface area contributed by atoms with Crippen molar-refractivity contribution in [1.29, 1.82) is 0 Å². The summed E-state index contributed by atoms with van der Waals surface area (Å²) in [7, 11) is 0. The lowest BCUT2D eigenvalue weighted by molar-refractivity contribution is 0.0322. The highest BCUT2D eigenvalue weighted by Gasteiger charge is 2.17. The fourth-order valence-electron chi connectivity index (χ4n) is 4.20. The van der Waals surface area contributed by atoms with Gasteiger partial charge in [-0.15, -0.1) is 5.10 Å². The van der Waals surface area contributed by atoms with E-state index in [0.29, 0.717) is 34.9 Å². The number of benzene rings is 2. The summed E-state index contributed by atoms with van der Waals surface area (Å²) >= 11 is 0. The van der Waals surface area contributed by atoms with Gasteiger partial charge in [0.2, 0.25) is 5.65 Å². The predicted octanol–water partition coefficient (Wildman–Crippen LogP) is 1.81. The first-order valence-corrected chi connectivity index (χ1v) is 11.3. The van der Waals surface area contributed by atoms with E-state index in [9.17, 15) is 4.79 Å². The molecule has 0 bridgehead atoms. The molecular weight excluding hydrogens is 450 g/mol. The smallest absolute Gasteiger partial charge is 0.348 e. The van der Waals surface area contributed by atoms with Gasteiger partial charge in [-0.05, 0) is 24.3 Å². The van der Waals surface area contributed by atoms with E-state index in [0.717, 1.165) is 49.8 Å². The summed E-state index contributed by atoms with van der Waals surface area (Å²) in [4.78, 5) is 24.0. The molecule has 3 aromatic heterocycles. The van der Waals surface area contributed by atoms with Crippen LogP contribution in [-0.2, 0) is 4.74 Å². The largest absolute Gasteiger partial charge is 0.492 e. The van der Waals surface area contributed by atoms with Gasteiger partial charge in [0.15, 0.2) is 11.6 Å². The molecule has 5 aromatic rings. The second kappa shape index (κ2) is 9.16. The lowest BCUT2D eigenvalue weighted by atomic mass is 10.1. The van der Waals surface area contributed by atoms with Crippen molar-refractivity contribution < 1.29 is 9.47 Å². The zero-order chi connectivity index (χ0) is 23.6. The maximum absolute atomic E-state index is 12.6. The van der Waals surface area contributed by atoms with Crippen LogP contribution in [-0.4, -0.2) is 79.1 Å². The minimum atomic E-state index is -0.356. The molecule has 3 N–H and O–H groups in total. The Balaban J connectivity index is 1.31. The van der Waals surface area contributed by atoms with Crippen LogP contribution in [0, 0.1) is 0 Å². The molecular formula is C23H23N9O3. The summed E-state index contributed by atoms with van der Waals surface area (Å²) in [6, 6.07) is 13.2. The van der Waals surface area contributed by atoms with Crippen LogP contribution in [0.4, 0.5) is 11.5 Å². The number of nitrogens with one attached hydrogen (secondary N) is 3. The quantitative estimate of drug-likeness (QED) is 0.323. The lowest BCUT2D eigenvalue weighted by Gasteiger charge is -2.26. The zero-order valence-electron chi connectivity index (χ0n) is 18.8. The molecule has 1 aliphatic rings. The van der Waals surface area contributed by atoms with Crippen LogP contribution in [0.25, 0.3) is 28.1 Å². The van der Waals surface area contributed by atoms with Gasteiger partial charge in [-0.1, -0.05) is 12.1 Å². The highest BCUT2D eigenvalue weighted by Crippen LogP contribution is 2.29. The second-order valence-electron chi connectivity index (χ2n) is 8.11. The van der Waals surface area contributed by atoms with Crippen LogP contribution in [0.5, 0.6) is 5.75 Å². The van der Waals surface area contributed by atoms with Gasteiger partial charge in [0.05, 0.1) is 18.7 Å². The highest BCUT2D eigenvalue weighted by molar-refractivity contribution is 5.93. The Bertz CT molecular complexity index is 1520. The van der Waals surface area contributed by atoms with Gasteiger partial charge < -0.3 is 14.8 Å². The van der Waals surface area contributed by atoms with Crippen molar-refractivity contribution in [2.24, 2.45) is 0 Å². The van der Waals surface area contributed by atoms with Crippen molar-refractivity contribution in [3.63, 3.8) is 0 Å². The van der Waals surface area contributed by atoms with E-state index in [1.54, 1.807) is 0 Å². The van der Waals surface area contributed by atoms with Gasteiger partial charge in [-0.25, -0.2) is 24.3 Å². The van der Waals surface area contributed by atoms with Crippen LogP contribution in [0.3, 0.4) is 0 Å². The summed E-state index contributed by atoms with van der Waals surface area (Å²) in [6.45, 7) is 4.80. The number of ether oxygens (including phenoxy) is 2. The van der Waals surface area contributed by atoms with E-state index in [2.05, 4.69) is 35.6 Å². The molecule has 6 rings (SSSR count). The Morgan fingerprint density at radius 3 is 2.86 bits per heavy atom. The Kier molecular flexibility index (Phi) is 5.56. The molecule has 0 spiro atoms. The third-order valence-electron chi connectivity index (χ3n) is 5.91. The minimum Gasteiger partial charge on any atom is -0.492 e.